The topological polar surface area (TPSA) is 60.2 Å². The Hall–Kier alpha value is -1.33. The predicted octanol–water partition coefficient (Wildman–Crippen LogP) is 3.42. The second-order valence-electron chi connectivity index (χ2n) is 5.21. The van der Waals surface area contributed by atoms with E-state index < -0.39 is 0 Å². The molecule has 3 rings (SSSR count). The van der Waals surface area contributed by atoms with E-state index in [0.29, 0.717) is 11.6 Å². The molecular formula is C15H18BrN3O. The van der Waals surface area contributed by atoms with Gasteiger partial charge in [-0.1, -0.05) is 15.9 Å². The van der Waals surface area contributed by atoms with Crippen LogP contribution in [-0.2, 0) is 4.74 Å². The third-order valence-electron chi connectivity index (χ3n) is 3.68. The summed E-state index contributed by atoms with van der Waals surface area (Å²) >= 11 is 3.50. The molecule has 20 heavy (non-hydrogen) atoms. The zero-order valence-electron chi connectivity index (χ0n) is 11.2. The van der Waals surface area contributed by atoms with Crippen LogP contribution in [0.3, 0.4) is 0 Å². The summed E-state index contributed by atoms with van der Waals surface area (Å²) in [6.45, 7) is 2.61. The predicted molar refractivity (Wildman–Crippen MR) is 85.9 cm³/mol. The molecule has 1 saturated heterocycles. The Morgan fingerprint density at radius 2 is 2.35 bits per heavy atom. The van der Waals surface area contributed by atoms with Gasteiger partial charge in [-0.3, -0.25) is 4.98 Å². The summed E-state index contributed by atoms with van der Waals surface area (Å²) in [4.78, 5) is 4.37. The summed E-state index contributed by atoms with van der Waals surface area (Å²) < 4.78 is 6.55. The number of nitrogens with two attached hydrogens (primary N) is 1. The lowest BCUT2D eigenvalue weighted by atomic mass is 10.0. The molecule has 2 heterocycles. The number of anilines is 2. The first-order valence-electron chi connectivity index (χ1n) is 6.89. The van der Waals surface area contributed by atoms with Crippen molar-refractivity contribution in [3.8, 4) is 0 Å². The van der Waals surface area contributed by atoms with E-state index in [2.05, 4.69) is 32.3 Å². The number of nitrogens with zero attached hydrogens (tertiary/aromatic N) is 1. The van der Waals surface area contributed by atoms with Gasteiger partial charge in [-0.15, -0.1) is 0 Å². The van der Waals surface area contributed by atoms with Crippen LogP contribution in [0.25, 0.3) is 10.9 Å². The van der Waals surface area contributed by atoms with Crippen molar-refractivity contribution in [1.29, 1.82) is 0 Å². The van der Waals surface area contributed by atoms with Gasteiger partial charge < -0.3 is 15.8 Å². The zero-order valence-corrected chi connectivity index (χ0v) is 12.8. The van der Waals surface area contributed by atoms with Crippen molar-refractivity contribution in [3.05, 3.63) is 28.9 Å². The molecule has 0 bridgehead atoms. The van der Waals surface area contributed by atoms with Crippen molar-refractivity contribution in [3.63, 3.8) is 0 Å². The first-order chi connectivity index (χ1) is 9.74. The molecule has 1 fully saturated rings. The number of ether oxygens (including phenoxy) is 1. The van der Waals surface area contributed by atoms with Crippen LogP contribution in [0, 0.1) is 5.92 Å². The normalized spacial score (nSPS) is 19.1. The molecule has 2 aromatic rings. The Bertz CT molecular complexity index is 606. The van der Waals surface area contributed by atoms with Gasteiger partial charge in [0.05, 0.1) is 29.7 Å². The maximum atomic E-state index is 6.08. The highest BCUT2D eigenvalue weighted by Crippen LogP contribution is 2.30. The van der Waals surface area contributed by atoms with E-state index in [-0.39, 0.29) is 0 Å². The number of nitrogens with one attached hydrogen (secondary N) is 1. The lowest BCUT2D eigenvalue weighted by molar-refractivity contribution is 0.0595. The quantitative estimate of drug-likeness (QED) is 0.902. The largest absolute Gasteiger partial charge is 0.396 e. The van der Waals surface area contributed by atoms with E-state index in [4.69, 9.17) is 10.5 Å². The van der Waals surface area contributed by atoms with Crippen LogP contribution in [0.5, 0.6) is 0 Å². The highest BCUT2D eigenvalue weighted by Gasteiger charge is 2.15. The van der Waals surface area contributed by atoms with Gasteiger partial charge >= 0.3 is 0 Å². The minimum absolute atomic E-state index is 0.554. The second kappa shape index (κ2) is 5.97. The molecule has 0 spiro atoms. The van der Waals surface area contributed by atoms with Crippen molar-refractivity contribution in [1.82, 2.24) is 4.98 Å². The number of nitrogen functional groups attached to an aromatic ring is 1. The number of fused-ring (bicyclic) bond motifs is 1. The Morgan fingerprint density at radius 1 is 1.45 bits per heavy atom. The number of halogens is 1. The lowest BCUT2D eigenvalue weighted by Gasteiger charge is -2.23. The fraction of sp³-hybridized carbons (Fsp3) is 0.400. The SMILES string of the molecule is Nc1cnc2ccc(Br)cc2c1NCC1CCCOC1. The fourth-order valence-corrected chi connectivity index (χ4v) is 2.95. The third-order valence-corrected chi connectivity index (χ3v) is 4.17. The summed E-state index contributed by atoms with van der Waals surface area (Å²) in [5.74, 6) is 0.554. The van der Waals surface area contributed by atoms with E-state index in [1.807, 2.05) is 12.1 Å². The summed E-state index contributed by atoms with van der Waals surface area (Å²) in [5, 5.41) is 4.54. The molecule has 1 aliphatic heterocycles. The van der Waals surface area contributed by atoms with Gasteiger partial charge in [-0.05, 0) is 37.0 Å². The van der Waals surface area contributed by atoms with Crippen LogP contribution >= 0.6 is 15.9 Å². The highest BCUT2D eigenvalue weighted by molar-refractivity contribution is 9.10. The van der Waals surface area contributed by atoms with E-state index in [0.717, 1.165) is 47.2 Å². The van der Waals surface area contributed by atoms with E-state index in [1.165, 1.54) is 6.42 Å². The van der Waals surface area contributed by atoms with Crippen molar-refractivity contribution in [2.75, 3.05) is 30.8 Å². The molecule has 0 aliphatic carbocycles. The maximum absolute atomic E-state index is 6.08. The highest BCUT2D eigenvalue weighted by atomic mass is 79.9. The number of aromatic nitrogens is 1. The fourth-order valence-electron chi connectivity index (χ4n) is 2.59. The Labute approximate surface area is 126 Å². The molecule has 0 radical (unpaired) electrons. The monoisotopic (exact) mass is 335 g/mol. The van der Waals surface area contributed by atoms with Gasteiger partial charge in [-0.25, -0.2) is 0 Å². The number of hydrogen-bond acceptors (Lipinski definition) is 4. The van der Waals surface area contributed by atoms with Gasteiger partial charge in [0.25, 0.3) is 0 Å². The van der Waals surface area contributed by atoms with Crippen molar-refractivity contribution in [2.45, 2.75) is 12.8 Å². The second-order valence-corrected chi connectivity index (χ2v) is 6.13. The molecule has 1 unspecified atom stereocenters. The molecule has 0 amide bonds. The molecule has 1 atom stereocenters. The first-order valence-corrected chi connectivity index (χ1v) is 7.68. The minimum Gasteiger partial charge on any atom is -0.396 e. The Morgan fingerprint density at radius 3 is 3.15 bits per heavy atom. The van der Waals surface area contributed by atoms with E-state index in [9.17, 15) is 0 Å². The van der Waals surface area contributed by atoms with Crippen LogP contribution in [-0.4, -0.2) is 24.7 Å². The van der Waals surface area contributed by atoms with Crippen molar-refractivity contribution < 1.29 is 4.74 Å². The van der Waals surface area contributed by atoms with E-state index in [1.54, 1.807) is 6.20 Å². The molecule has 1 aromatic heterocycles. The zero-order chi connectivity index (χ0) is 13.9. The molecule has 106 valence electrons. The van der Waals surface area contributed by atoms with Crippen molar-refractivity contribution >= 4 is 38.2 Å². The summed E-state index contributed by atoms with van der Waals surface area (Å²) in [6, 6.07) is 6.04. The van der Waals surface area contributed by atoms with Gasteiger partial charge in [0, 0.05) is 23.0 Å². The van der Waals surface area contributed by atoms with Gasteiger partial charge in [-0.2, -0.15) is 0 Å². The summed E-state index contributed by atoms with van der Waals surface area (Å²) in [6.07, 6.45) is 4.07. The molecule has 3 N–H and O–H groups in total. The van der Waals surface area contributed by atoms with Gasteiger partial charge in [0.15, 0.2) is 0 Å². The standard InChI is InChI=1S/C15H18BrN3O/c16-11-3-4-14-12(6-11)15(13(17)8-18-14)19-7-10-2-1-5-20-9-10/h3-4,6,8,10H,1-2,5,7,9,17H2,(H,18,19). The first kappa shape index (κ1) is 13.6. The van der Waals surface area contributed by atoms with Crippen LogP contribution in [0.2, 0.25) is 0 Å². The average Bonchev–Trinajstić information content (AvgIpc) is 2.47. The molecule has 1 aromatic carbocycles. The van der Waals surface area contributed by atoms with Crippen LogP contribution < -0.4 is 11.1 Å². The smallest absolute Gasteiger partial charge is 0.0743 e. The van der Waals surface area contributed by atoms with Crippen LogP contribution in [0.15, 0.2) is 28.9 Å². The molecular weight excluding hydrogens is 318 g/mol. The van der Waals surface area contributed by atoms with Gasteiger partial charge in [0.2, 0.25) is 0 Å². The molecule has 4 nitrogen and oxygen atoms in total. The third kappa shape index (κ3) is 2.88. The van der Waals surface area contributed by atoms with Crippen LogP contribution in [0.4, 0.5) is 11.4 Å². The van der Waals surface area contributed by atoms with E-state index >= 15 is 0 Å². The average molecular weight is 336 g/mol. The Kier molecular flexibility index (Phi) is 4.08. The molecule has 1 aliphatic rings. The number of hydrogen-bond donors (Lipinski definition) is 2. The summed E-state index contributed by atoms with van der Waals surface area (Å²) in [7, 11) is 0. The lowest BCUT2D eigenvalue weighted by Crippen LogP contribution is -2.24. The number of pyridine rings is 1. The summed E-state index contributed by atoms with van der Waals surface area (Å²) in [5.41, 5.74) is 8.69. The van der Waals surface area contributed by atoms with Gasteiger partial charge in [0.1, 0.15) is 0 Å². The van der Waals surface area contributed by atoms with Crippen LogP contribution in [0.1, 0.15) is 12.8 Å². The van der Waals surface area contributed by atoms with Crippen molar-refractivity contribution in [2.24, 2.45) is 5.92 Å². The maximum Gasteiger partial charge on any atom is 0.0743 e. The minimum atomic E-state index is 0.554. The Balaban J connectivity index is 1.85. The number of benzene rings is 1. The molecule has 0 saturated carbocycles. The molecule has 5 heteroatoms. The number of rotatable bonds is 3.